The number of hydrogen-bond acceptors (Lipinski definition) is 8. The molecule has 0 aromatic carbocycles. The third-order valence-corrected chi connectivity index (χ3v) is 9.04. The first-order valence-corrected chi connectivity index (χ1v) is 12.9. The lowest BCUT2D eigenvalue weighted by Gasteiger charge is -2.37. The lowest BCUT2D eigenvalue weighted by atomic mass is 9.88. The summed E-state index contributed by atoms with van der Waals surface area (Å²) in [5, 5.41) is 22.1. The Hall–Kier alpha value is -1.55. The van der Waals surface area contributed by atoms with E-state index in [4.69, 9.17) is 15.0 Å². The second-order valence-corrected chi connectivity index (χ2v) is 10.5. The van der Waals surface area contributed by atoms with Crippen molar-refractivity contribution >= 4 is 24.4 Å². The van der Waals surface area contributed by atoms with E-state index in [0.29, 0.717) is 42.5 Å². The normalized spacial score (nSPS) is 26.1. The van der Waals surface area contributed by atoms with Crippen molar-refractivity contribution < 1.29 is 28.9 Å². The number of aliphatic hydroxyl groups is 2. The first kappa shape index (κ1) is 25.1. The SMILES string of the molecule is CCC(CC)P(=O)(O)OC(CC)(CC)CC1OC(n2ccc3c(N)ncnc32)C(O)C1O. The van der Waals surface area contributed by atoms with Crippen LogP contribution in [-0.2, 0) is 13.8 Å². The Kier molecular flexibility index (Phi) is 7.64. The summed E-state index contributed by atoms with van der Waals surface area (Å²) in [5.41, 5.74) is 4.95. The minimum absolute atomic E-state index is 0.162. The number of fused-ring (bicyclic) bond motifs is 1. The van der Waals surface area contributed by atoms with Gasteiger partial charge in [-0.3, -0.25) is 4.57 Å². The highest BCUT2D eigenvalue weighted by Crippen LogP contribution is 2.56. The highest BCUT2D eigenvalue weighted by molar-refractivity contribution is 7.53. The van der Waals surface area contributed by atoms with E-state index in [2.05, 4.69) is 9.97 Å². The molecule has 3 heterocycles. The number of rotatable bonds is 10. The van der Waals surface area contributed by atoms with Gasteiger partial charge in [0.1, 0.15) is 30.0 Å². The zero-order chi connectivity index (χ0) is 23.7. The van der Waals surface area contributed by atoms with Crippen LogP contribution in [0.4, 0.5) is 5.82 Å². The van der Waals surface area contributed by atoms with Crippen LogP contribution < -0.4 is 5.73 Å². The molecule has 180 valence electrons. The van der Waals surface area contributed by atoms with Crippen molar-refractivity contribution in [3.8, 4) is 0 Å². The van der Waals surface area contributed by atoms with E-state index in [9.17, 15) is 19.7 Å². The van der Waals surface area contributed by atoms with Crippen molar-refractivity contribution in [2.75, 3.05) is 5.73 Å². The Morgan fingerprint density at radius 1 is 1.22 bits per heavy atom. The molecule has 10 nitrogen and oxygen atoms in total. The molecule has 0 spiro atoms. The molecule has 1 saturated heterocycles. The van der Waals surface area contributed by atoms with E-state index in [1.807, 2.05) is 27.7 Å². The van der Waals surface area contributed by atoms with Gasteiger partial charge in [-0.25, -0.2) is 9.97 Å². The Bertz CT molecular complexity index is 961. The van der Waals surface area contributed by atoms with Crippen molar-refractivity contribution in [2.24, 2.45) is 0 Å². The van der Waals surface area contributed by atoms with Gasteiger partial charge >= 0.3 is 7.60 Å². The molecule has 5 N–H and O–H groups in total. The number of nitrogens with two attached hydrogens (primary N) is 1. The van der Waals surface area contributed by atoms with Gasteiger partial charge in [0, 0.05) is 12.6 Å². The van der Waals surface area contributed by atoms with Gasteiger partial charge in [0.25, 0.3) is 0 Å². The van der Waals surface area contributed by atoms with Gasteiger partial charge in [-0.15, -0.1) is 0 Å². The maximum Gasteiger partial charge on any atom is 0.331 e. The fraction of sp³-hybridized carbons (Fsp3) is 0.714. The molecule has 0 bridgehead atoms. The maximum atomic E-state index is 13.0. The number of nitrogen functional groups attached to an aromatic ring is 1. The number of ether oxygens (including phenoxy) is 1. The average molecular weight is 471 g/mol. The van der Waals surface area contributed by atoms with E-state index in [-0.39, 0.29) is 6.42 Å². The highest BCUT2D eigenvalue weighted by atomic mass is 31.2. The van der Waals surface area contributed by atoms with Gasteiger partial charge in [-0.2, -0.15) is 0 Å². The largest absolute Gasteiger partial charge is 0.388 e. The van der Waals surface area contributed by atoms with E-state index in [0.717, 1.165) is 0 Å². The summed E-state index contributed by atoms with van der Waals surface area (Å²) in [7, 11) is -3.89. The summed E-state index contributed by atoms with van der Waals surface area (Å²) < 4.78 is 26.6. The van der Waals surface area contributed by atoms with E-state index in [1.165, 1.54) is 6.33 Å². The lowest BCUT2D eigenvalue weighted by molar-refractivity contribution is -0.0712. The number of aliphatic hydroxyl groups excluding tert-OH is 2. The van der Waals surface area contributed by atoms with Gasteiger partial charge < -0.3 is 34.7 Å². The molecule has 0 aliphatic carbocycles. The molecule has 2 aromatic heterocycles. The molecule has 0 amide bonds. The average Bonchev–Trinajstić information content (AvgIpc) is 3.31. The summed E-state index contributed by atoms with van der Waals surface area (Å²) in [6, 6.07) is 1.73. The molecule has 2 aromatic rings. The van der Waals surface area contributed by atoms with Crippen LogP contribution in [-0.4, -0.2) is 59.2 Å². The number of anilines is 1. The smallest absolute Gasteiger partial charge is 0.331 e. The van der Waals surface area contributed by atoms with Gasteiger partial charge in [0.2, 0.25) is 0 Å². The van der Waals surface area contributed by atoms with Crippen molar-refractivity contribution in [2.45, 2.75) is 95.6 Å². The molecule has 5 atom stereocenters. The number of nitrogens with zero attached hydrogens (tertiary/aromatic N) is 3. The van der Waals surface area contributed by atoms with Crippen LogP contribution in [0.5, 0.6) is 0 Å². The maximum absolute atomic E-state index is 13.0. The molecular weight excluding hydrogens is 435 g/mol. The first-order chi connectivity index (χ1) is 15.1. The van der Waals surface area contributed by atoms with Crippen LogP contribution in [0.25, 0.3) is 11.0 Å². The van der Waals surface area contributed by atoms with Crippen LogP contribution in [0.15, 0.2) is 18.6 Å². The van der Waals surface area contributed by atoms with Gasteiger partial charge in [-0.05, 0) is 31.7 Å². The molecule has 1 fully saturated rings. The van der Waals surface area contributed by atoms with E-state index < -0.39 is 43.4 Å². The second kappa shape index (κ2) is 9.75. The van der Waals surface area contributed by atoms with Crippen LogP contribution in [0, 0.1) is 0 Å². The molecule has 0 saturated carbocycles. The predicted molar refractivity (Wildman–Crippen MR) is 121 cm³/mol. The predicted octanol–water partition coefficient (Wildman–Crippen LogP) is 2.97. The Morgan fingerprint density at radius 3 is 2.47 bits per heavy atom. The van der Waals surface area contributed by atoms with Gasteiger partial charge in [-0.1, -0.05) is 27.7 Å². The Balaban J connectivity index is 1.85. The third kappa shape index (κ3) is 4.58. The summed E-state index contributed by atoms with van der Waals surface area (Å²) in [4.78, 5) is 18.9. The molecule has 0 radical (unpaired) electrons. The first-order valence-electron chi connectivity index (χ1n) is 11.2. The van der Waals surface area contributed by atoms with Crippen LogP contribution in [0.2, 0.25) is 0 Å². The Labute approximate surface area is 188 Å². The summed E-state index contributed by atoms with van der Waals surface area (Å²) in [5.74, 6) is 0.308. The monoisotopic (exact) mass is 470 g/mol. The second-order valence-electron chi connectivity index (χ2n) is 8.49. The highest BCUT2D eigenvalue weighted by Gasteiger charge is 2.49. The van der Waals surface area contributed by atoms with Gasteiger partial charge in [0.15, 0.2) is 6.23 Å². The molecule has 1 aliphatic heterocycles. The minimum Gasteiger partial charge on any atom is -0.388 e. The minimum atomic E-state index is -3.89. The van der Waals surface area contributed by atoms with Crippen molar-refractivity contribution in [3.05, 3.63) is 18.6 Å². The van der Waals surface area contributed by atoms with Crippen molar-refractivity contribution in [3.63, 3.8) is 0 Å². The summed E-state index contributed by atoms with van der Waals surface area (Å²) in [6.07, 6.45) is 1.02. The van der Waals surface area contributed by atoms with Crippen LogP contribution >= 0.6 is 7.60 Å². The molecule has 1 aliphatic rings. The molecule has 32 heavy (non-hydrogen) atoms. The fourth-order valence-electron chi connectivity index (χ4n) is 4.50. The fourth-order valence-corrected chi connectivity index (χ4v) is 6.46. The third-order valence-electron chi connectivity index (χ3n) is 6.74. The standard InChI is InChI=1S/C21H35N4O6P/c1-5-13(6-2)32(28,29)31-21(7-3,8-4)11-15-16(26)17(27)20(30-15)25-10-9-14-18(22)23-12-24-19(14)25/h9-10,12-13,15-17,20,26-27H,5-8,11H2,1-4H3,(H,28,29)(H2,22,23,24). The van der Waals surface area contributed by atoms with Gasteiger partial charge in [0.05, 0.1) is 22.8 Å². The van der Waals surface area contributed by atoms with Crippen molar-refractivity contribution in [1.29, 1.82) is 0 Å². The molecule has 5 unspecified atom stereocenters. The summed E-state index contributed by atoms with van der Waals surface area (Å²) >= 11 is 0. The van der Waals surface area contributed by atoms with E-state index >= 15 is 0 Å². The zero-order valence-electron chi connectivity index (χ0n) is 19.1. The molecule has 11 heteroatoms. The lowest BCUT2D eigenvalue weighted by Crippen LogP contribution is -2.40. The molecular formula is C21H35N4O6P. The van der Waals surface area contributed by atoms with E-state index in [1.54, 1.807) is 16.8 Å². The number of aromatic nitrogens is 3. The van der Waals surface area contributed by atoms with Crippen LogP contribution in [0.3, 0.4) is 0 Å². The quantitative estimate of drug-likeness (QED) is 0.384. The zero-order valence-corrected chi connectivity index (χ0v) is 20.0. The topological polar surface area (TPSA) is 153 Å². The number of hydrogen-bond donors (Lipinski definition) is 4. The van der Waals surface area contributed by atoms with Crippen LogP contribution in [0.1, 0.15) is 66.0 Å². The van der Waals surface area contributed by atoms with Crippen molar-refractivity contribution in [1.82, 2.24) is 14.5 Å². The summed E-state index contributed by atoms with van der Waals surface area (Å²) in [6.45, 7) is 7.49. The molecule has 3 rings (SSSR count). The Morgan fingerprint density at radius 2 is 1.88 bits per heavy atom.